The molecule has 1 aromatic heterocycles. The third-order valence-corrected chi connectivity index (χ3v) is 3.92. The van der Waals surface area contributed by atoms with Gasteiger partial charge in [-0.05, 0) is 49.4 Å². The molecule has 0 atom stereocenters. The molecule has 0 bridgehead atoms. The van der Waals surface area contributed by atoms with Crippen molar-refractivity contribution < 1.29 is 13.2 Å². The fourth-order valence-electron chi connectivity index (χ4n) is 2.87. The van der Waals surface area contributed by atoms with Crippen molar-refractivity contribution in [2.24, 2.45) is 5.73 Å². The molecule has 0 radical (unpaired) electrons. The van der Waals surface area contributed by atoms with Gasteiger partial charge in [0.05, 0.1) is 17.6 Å². The maximum Gasteiger partial charge on any atom is 0.416 e. The van der Waals surface area contributed by atoms with Crippen molar-refractivity contribution in [3.05, 3.63) is 47.0 Å². The Balaban J connectivity index is 2.06. The summed E-state index contributed by atoms with van der Waals surface area (Å²) < 4.78 is 40.6. The Hall–Kier alpha value is -1.82. The van der Waals surface area contributed by atoms with Crippen molar-refractivity contribution in [3.8, 4) is 5.69 Å². The van der Waals surface area contributed by atoms with Crippen LogP contribution in [0.2, 0.25) is 0 Å². The second-order valence-electron chi connectivity index (χ2n) is 5.26. The van der Waals surface area contributed by atoms with E-state index in [0.29, 0.717) is 5.69 Å². The SMILES string of the molecule is NCc1cc(-n2cnc3c2CCCC3)ccc1C(F)(F)F. The Bertz CT molecular complexity index is 659. The standard InChI is InChI=1S/C15H16F3N3/c16-15(17,18)12-6-5-11(7-10(12)8-19)21-9-20-13-3-1-2-4-14(13)21/h5-7,9H,1-4,8,19H2. The Morgan fingerprint density at radius 3 is 2.67 bits per heavy atom. The number of nitrogens with zero attached hydrogens (tertiary/aromatic N) is 2. The van der Waals surface area contributed by atoms with Crippen LogP contribution in [0.1, 0.15) is 35.4 Å². The lowest BCUT2D eigenvalue weighted by Gasteiger charge is -2.17. The number of alkyl halides is 3. The molecule has 0 aliphatic heterocycles. The average Bonchev–Trinajstić information content (AvgIpc) is 2.89. The average molecular weight is 295 g/mol. The van der Waals surface area contributed by atoms with Gasteiger partial charge >= 0.3 is 6.18 Å². The molecule has 0 amide bonds. The van der Waals surface area contributed by atoms with E-state index in [1.165, 1.54) is 12.1 Å². The molecule has 1 heterocycles. The van der Waals surface area contributed by atoms with Crippen LogP contribution in [-0.2, 0) is 25.6 Å². The minimum atomic E-state index is -4.37. The van der Waals surface area contributed by atoms with E-state index < -0.39 is 11.7 Å². The van der Waals surface area contributed by atoms with Crippen molar-refractivity contribution in [1.82, 2.24) is 9.55 Å². The van der Waals surface area contributed by atoms with Crippen LogP contribution in [0, 0.1) is 0 Å². The van der Waals surface area contributed by atoms with Crippen LogP contribution in [0.15, 0.2) is 24.5 Å². The Labute approximate surface area is 120 Å². The third kappa shape index (κ3) is 2.55. The summed E-state index contributed by atoms with van der Waals surface area (Å²) in [4.78, 5) is 4.37. The first-order valence-electron chi connectivity index (χ1n) is 6.96. The van der Waals surface area contributed by atoms with Crippen molar-refractivity contribution in [3.63, 3.8) is 0 Å². The zero-order valence-corrected chi connectivity index (χ0v) is 11.5. The Kier molecular flexibility index (Phi) is 3.49. The minimum Gasteiger partial charge on any atom is -0.326 e. The van der Waals surface area contributed by atoms with Gasteiger partial charge in [-0.1, -0.05) is 0 Å². The minimum absolute atomic E-state index is 0.109. The summed E-state index contributed by atoms with van der Waals surface area (Å²) in [7, 11) is 0. The second-order valence-corrected chi connectivity index (χ2v) is 5.26. The van der Waals surface area contributed by atoms with Crippen molar-refractivity contribution in [1.29, 1.82) is 0 Å². The normalized spacial score (nSPS) is 15.0. The van der Waals surface area contributed by atoms with Crippen LogP contribution < -0.4 is 5.73 Å². The number of benzene rings is 1. The van der Waals surface area contributed by atoms with E-state index in [4.69, 9.17) is 5.73 Å². The topological polar surface area (TPSA) is 43.8 Å². The molecule has 112 valence electrons. The molecular weight excluding hydrogens is 279 g/mol. The fourth-order valence-corrected chi connectivity index (χ4v) is 2.87. The maximum atomic E-state index is 12.9. The lowest BCUT2D eigenvalue weighted by Crippen LogP contribution is -2.13. The molecule has 0 fully saturated rings. The number of fused-ring (bicyclic) bond motifs is 1. The van der Waals surface area contributed by atoms with Gasteiger partial charge in [-0.3, -0.25) is 0 Å². The van der Waals surface area contributed by atoms with Gasteiger partial charge in [-0.25, -0.2) is 4.98 Å². The number of halogens is 3. The Morgan fingerprint density at radius 1 is 1.19 bits per heavy atom. The van der Waals surface area contributed by atoms with E-state index >= 15 is 0 Å². The quantitative estimate of drug-likeness (QED) is 0.924. The molecule has 2 aromatic rings. The van der Waals surface area contributed by atoms with Gasteiger partial charge in [0.1, 0.15) is 0 Å². The van der Waals surface area contributed by atoms with Crippen LogP contribution in [0.5, 0.6) is 0 Å². The van der Waals surface area contributed by atoms with E-state index in [1.807, 2.05) is 4.57 Å². The van der Waals surface area contributed by atoms with Gasteiger partial charge in [0.25, 0.3) is 0 Å². The van der Waals surface area contributed by atoms with Gasteiger partial charge in [-0.2, -0.15) is 13.2 Å². The summed E-state index contributed by atoms with van der Waals surface area (Å²) in [6.45, 7) is -0.139. The monoisotopic (exact) mass is 295 g/mol. The zero-order valence-electron chi connectivity index (χ0n) is 11.5. The van der Waals surface area contributed by atoms with E-state index in [0.717, 1.165) is 43.1 Å². The van der Waals surface area contributed by atoms with Gasteiger partial charge in [0, 0.05) is 17.9 Å². The molecule has 0 saturated heterocycles. The van der Waals surface area contributed by atoms with Crippen LogP contribution in [0.3, 0.4) is 0 Å². The molecule has 1 aromatic carbocycles. The fraction of sp³-hybridized carbons (Fsp3) is 0.400. The number of imidazole rings is 1. The molecule has 1 aliphatic carbocycles. The summed E-state index contributed by atoms with van der Waals surface area (Å²) in [5.74, 6) is 0. The van der Waals surface area contributed by atoms with Crippen molar-refractivity contribution in [2.45, 2.75) is 38.4 Å². The number of aryl methyl sites for hydroxylation is 1. The summed E-state index contributed by atoms with van der Waals surface area (Å²) in [5.41, 5.74) is 7.77. The predicted octanol–water partition coefficient (Wildman–Crippen LogP) is 3.23. The molecule has 0 saturated carbocycles. The maximum absolute atomic E-state index is 12.9. The highest BCUT2D eigenvalue weighted by Crippen LogP contribution is 2.33. The van der Waals surface area contributed by atoms with Crippen molar-refractivity contribution >= 4 is 0 Å². The van der Waals surface area contributed by atoms with Gasteiger partial charge in [-0.15, -0.1) is 0 Å². The Morgan fingerprint density at radius 2 is 1.95 bits per heavy atom. The van der Waals surface area contributed by atoms with E-state index in [-0.39, 0.29) is 12.1 Å². The summed E-state index contributed by atoms with van der Waals surface area (Å²) in [5, 5.41) is 0. The lowest BCUT2D eigenvalue weighted by molar-refractivity contribution is -0.138. The predicted molar refractivity (Wildman–Crippen MR) is 73.1 cm³/mol. The van der Waals surface area contributed by atoms with Gasteiger partial charge in [0.2, 0.25) is 0 Å². The van der Waals surface area contributed by atoms with Gasteiger partial charge < -0.3 is 10.3 Å². The molecule has 1 aliphatic rings. The zero-order chi connectivity index (χ0) is 15.0. The molecule has 2 N–H and O–H groups in total. The molecule has 3 nitrogen and oxygen atoms in total. The number of rotatable bonds is 2. The summed E-state index contributed by atoms with van der Waals surface area (Å²) in [6, 6.07) is 4.10. The highest BCUT2D eigenvalue weighted by Gasteiger charge is 2.33. The summed E-state index contributed by atoms with van der Waals surface area (Å²) in [6.07, 6.45) is 1.37. The van der Waals surface area contributed by atoms with Crippen LogP contribution in [-0.4, -0.2) is 9.55 Å². The molecule has 3 rings (SSSR count). The van der Waals surface area contributed by atoms with E-state index in [1.54, 1.807) is 6.33 Å². The first-order valence-corrected chi connectivity index (χ1v) is 6.96. The number of hydrogen-bond donors (Lipinski definition) is 1. The van der Waals surface area contributed by atoms with Crippen LogP contribution in [0.4, 0.5) is 13.2 Å². The smallest absolute Gasteiger partial charge is 0.326 e. The number of aromatic nitrogens is 2. The van der Waals surface area contributed by atoms with E-state index in [9.17, 15) is 13.2 Å². The first-order chi connectivity index (χ1) is 10.0. The largest absolute Gasteiger partial charge is 0.416 e. The summed E-state index contributed by atoms with van der Waals surface area (Å²) >= 11 is 0. The molecule has 21 heavy (non-hydrogen) atoms. The molecule has 6 heteroatoms. The highest BCUT2D eigenvalue weighted by molar-refractivity contribution is 5.44. The molecule has 0 unspecified atom stereocenters. The number of nitrogens with two attached hydrogens (primary N) is 1. The lowest BCUT2D eigenvalue weighted by atomic mass is 10.0. The highest BCUT2D eigenvalue weighted by atomic mass is 19.4. The molecular formula is C15H16F3N3. The van der Waals surface area contributed by atoms with Crippen molar-refractivity contribution in [2.75, 3.05) is 0 Å². The van der Waals surface area contributed by atoms with Gasteiger partial charge in [0.15, 0.2) is 0 Å². The van der Waals surface area contributed by atoms with E-state index in [2.05, 4.69) is 4.98 Å². The van der Waals surface area contributed by atoms with Crippen LogP contribution >= 0.6 is 0 Å². The van der Waals surface area contributed by atoms with Crippen LogP contribution in [0.25, 0.3) is 5.69 Å². The first kappa shape index (κ1) is 14.1. The second kappa shape index (κ2) is 5.18. The number of hydrogen-bond acceptors (Lipinski definition) is 2. The molecule has 0 spiro atoms. The third-order valence-electron chi connectivity index (χ3n) is 3.92.